The number of nitrogens with one attached hydrogen (secondary N) is 5. The molecule has 0 aliphatic rings. The molecule has 254 valence electrons. The molecular weight excluding hydrogens is 608 g/mol. The molecule has 6 atom stereocenters. The van der Waals surface area contributed by atoms with E-state index in [1.165, 1.54) is 13.8 Å². The highest BCUT2D eigenvalue weighted by Crippen LogP contribution is 2.07. The summed E-state index contributed by atoms with van der Waals surface area (Å²) in [6.45, 7) is 5.76. The lowest BCUT2D eigenvalue weighted by molar-refractivity contribution is -0.143. The Kier molecular flexibility index (Phi) is 15.8. The fraction of sp³-hybridized carbons (Fsp3) is 0.517. The Morgan fingerprint density at radius 3 is 1.65 bits per heavy atom. The third-order valence-corrected chi connectivity index (χ3v) is 6.67. The van der Waals surface area contributed by atoms with Crippen molar-refractivity contribution in [1.29, 1.82) is 0 Å². The number of hydrogen-bond donors (Lipinski definition) is 9. The van der Waals surface area contributed by atoms with Gasteiger partial charge in [0.05, 0.1) is 12.5 Å². The molecule has 0 spiro atoms. The van der Waals surface area contributed by atoms with Crippen LogP contribution >= 0.6 is 0 Å². The third-order valence-electron chi connectivity index (χ3n) is 6.67. The molecule has 0 aliphatic heterocycles. The predicted octanol–water partition coefficient (Wildman–Crippen LogP) is -1.90. The summed E-state index contributed by atoms with van der Waals surface area (Å²) in [6, 6.07) is 0.604. The van der Waals surface area contributed by atoms with Gasteiger partial charge in [-0.05, 0) is 31.7 Å². The van der Waals surface area contributed by atoms with Crippen LogP contribution in [0.3, 0.4) is 0 Å². The molecule has 0 unspecified atom stereocenters. The number of hydrogen-bond acceptors (Lipinski definition) is 9. The van der Waals surface area contributed by atoms with Crippen LogP contribution < -0.4 is 32.3 Å². The van der Waals surface area contributed by atoms with E-state index in [0.717, 1.165) is 0 Å². The zero-order valence-corrected chi connectivity index (χ0v) is 25.9. The molecule has 0 fully saturated rings. The minimum atomic E-state index is -1.66. The Bertz CT molecular complexity index is 1270. The van der Waals surface area contributed by atoms with Crippen molar-refractivity contribution in [1.82, 2.24) is 26.6 Å². The van der Waals surface area contributed by atoms with Crippen LogP contribution in [-0.2, 0) is 44.8 Å². The van der Waals surface area contributed by atoms with E-state index in [1.54, 1.807) is 44.2 Å². The third kappa shape index (κ3) is 13.7. The zero-order chi connectivity index (χ0) is 35.1. The van der Waals surface area contributed by atoms with Crippen LogP contribution in [0.4, 0.5) is 0 Å². The summed E-state index contributed by atoms with van der Waals surface area (Å²) in [6.07, 6.45) is -1.58. The quantitative estimate of drug-likeness (QED) is 0.0794. The van der Waals surface area contributed by atoms with E-state index in [9.17, 15) is 43.5 Å². The Hall–Kier alpha value is -5.06. The summed E-state index contributed by atoms with van der Waals surface area (Å²) in [5.74, 6) is -8.84. The topological polar surface area (TPSA) is 283 Å². The van der Waals surface area contributed by atoms with Crippen molar-refractivity contribution < 1.29 is 53.7 Å². The first-order valence-corrected chi connectivity index (χ1v) is 14.4. The van der Waals surface area contributed by atoms with Crippen molar-refractivity contribution in [2.45, 2.75) is 89.6 Å². The van der Waals surface area contributed by atoms with Gasteiger partial charge in [0, 0.05) is 12.8 Å². The molecule has 1 aromatic rings. The first kappa shape index (κ1) is 39.0. The van der Waals surface area contributed by atoms with E-state index in [1.807, 2.05) is 0 Å². The minimum Gasteiger partial charge on any atom is -0.481 e. The fourth-order valence-electron chi connectivity index (χ4n) is 3.98. The maximum atomic E-state index is 13.1. The summed E-state index contributed by atoms with van der Waals surface area (Å²) in [4.78, 5) is 97.5. The molecule has 0 aliphatic carbocycles. The molecule has 1 aromatic carbocycles. The fourth-order valence-corrected chi connectivity index (χ4v) is 3.98. The normalized spacial score (nSPS) is 14.7. The molecule has 5 amide bonds. The smallest absolute Gasteiger partial charge is 0.326 e. The Morgan fingerprint density at radius 1 is 0.652 bits per heavy atom. The minimum absolute atomic E-state index is 0.00657. The number of rotatable bonds is 19. The zero-order valence-electron chi connectivity index (χ0n) is 25.9. The number of nitrogens with two attached hydrogens (primary N) is 1. The van der Waals surface area contributed by atoms with E-state index < -0.39 is 102 Å². The number of amides is 5. The summed E-state index contributed by atoms with van der Waals surface area (Å²) < 4.78 is 0. The van der Waals surface area contributed by atoms with Crippen LogP contribution in [0.2, 0.25) is 0 Å². The van der Waals surface area contributed by atoms with Crippen LogP contribution in [0, 0.1) is 5.92 Å². The number of benzene rings is 1. The number of carbonyl (C=O) groups excluding carboxylic acids is 5. The molecule has 0 saturated carbocycles. The van der Waals surface area contributed by atoms with Gasteiger partial charge in [0.2, 0.25) is 29.5 Å². The van der Waals surface area contributed by atoms with Crippen LogP contribution in [0.5, 0.6) is 0 Å². The second kappa shape index (κ2) is 18.7. The molecule has 17 heteroatoms. The van der Waals surface area contributed by atoms with Gasteiger partial charge in [-0.15, -0.1) is 0 Å². The monoisotopic (exact) mass is 650 g/mol. The Morgan fingerprint density at radius 2 is 1.15 bits per heavy atom. The van der Waals surface area contributed by atoms with Crippen molar-refractivity contribution in [3.8, 4) is 0 Å². The average Bonchev–Trinajstić information content (AvgIpc) is 2.97. The van der Waals surface area contributed by atoms with E-state index in [2.05, 4.69) is 26.6 Å². The summed E-state index contributed by atoms with van der Waals surface area (Å²) in [7, 11) is 0. The van der Waals surface area contributed by atoms with E-state index in [-0.39, 0.29) is 12.8 Å². The van der Waals surface area contributed by atoms with Crippen LogP contribution in [0.25, 0.3) is 0 Å². The number of carboxylic acid groups (broad SMARTS) is 3. The molecule has 17 nitrogen and oxygen atoms in total. The van der Waals surface area contributed by atoms with E-state index >= 15 is 0 Å². The van der Waals surface area contributed by atoms with Crippen molar-refractivity contribution in [3.63, 3.8) is 0 Å². The van der Waals surface area contributed by atoms with Gasteiger partial charge in [-0.2, -0.15) is 0 Å². The van der Waals surface area contributed by atoms with Gasteiger partial charge in [0.15, 0.2) is 0 Å². The van der Waals surface area contributed by atoms with Crippen molar-refractivity contribution in [3.05, 3.63) is 35.9 Å². The van der Waals surface area contributed by atoms with Gasteiger partial charge in [0.25, 0.3) is 0 Å². The summed E-state index contributed by atoms with van der Waals surface area (Å²) in [5.41, 5.74) is 6.28. The molecule has 0 bridgehead atoms. The van der Waals surface area contributed by atoms with Gasteiger partial charge >= 0.3 is 17.9 Å². The highest BCUT2D eigenvalue weighted by Gasteiger charge is 2.32. The van der Waals surface area contributed by atoms with Crippen LogP contribution in [0.1, 0.15) is 52.5 Å². The molecule has 10 N–H and O–H groups in total. The first-order chi connectivity index (χ1) is 21.4. The maximum Gasteiger partial charge on any atom is 0.326 e. The van der Waals surface area contributed by atoms with Gasteiger partial charge in [-0.1, -0.05) is 44.2 Å². The second-order valence-electron chi connectivity index (χ2n) is 11.0. The molecule has 0 aromatic heterocycles. The summed E-state index contributed by atoms with van der Waals surface area (Å²) in [5, 5.41) is 39.1. The van der Waals surface area contributed by atoms with Crippen molar-refractivity contribution in [2.24, 2.45) is 11.7 Å². The van der Waals surface area contributed by atoms with Crippen molar-refractivity contribution >= 4 is 47.4 Å². The largest absolute Gasteiger partial charge is 0.481 e. The number of aliphatic carboxylic acids is 3. The SMILES string of the molecule is CC(C)[C@H](NC(=O)[C@H](Cc1ccccc1)NC(=O)[C@H](C)NC(=O)[C@H](C)NC(=O)[C@H](CC(=O)O)NC(=O)[C@@H](N)CCC(=O)O)C(=O)O. The Balaban J connectivity index is 2.92. The number of carbonyl (C=O) groups is 8. The van der Waals surface area contributed by atoms with E-state index in [0.29, 0.717) is 5.56 Å². The standard InChI is InChI=1S/C29H42N6O11/c1-14(2)23(29(45)46)35-28(44)19(12-17-8-6-5-7-9-17)33-25(41)16(4)31-24(40)15(3)32-27(43)20(13-22(38)39)34-26(42)18(30)10-11-21(36)37/h5-9,14-16,18-20,23H,10-13,30H2,1-4H3,(H,31,40)(H,32,43)(H,33,41)(H,34,42)(H,35,44)(H,36,37)(H,38,39)(H,45,46)/t15-,16-,18-,19-,20-,23-/m0/s1. The highest BCUT2D eigenvalue weighted by molar-refractivity contribution is 5.97. The average molecular weight is 651 g/mol. The van der Waals surface area contributed by atoms with Gasteiger partial charge in [-0.25, -0.2) is 4.79 Å². The second-order valence-corrected chi connectivity index (χ2v) is 11.0. The van der Waals surface area contributed by atoms with Gasteiger partial charge in [0.1, 0.15) is 30.2 Å². The molecule has 46 heavy (non-hydrogen) atoms. The molecule has 1 rings (SSSR count). The van der Waals surface area contributed by atoms with Gasteiger partial charge in [-0.3, -0.25) is 33.6 Å². The van der Waals surface area contributed by atoms with Crippen LogP contribution in [-0.4, -0.2) is 99.0 Å². The Labute approximate surface area is 265 Å². The van der Waals surface area contributed by atoms with E-state index in [4.69, 9.17) is 15.9 Å². The lowest BCUT2D eigenvalue weighted by Crippen LogP contribution is -2.58. The highest BCUT2D eigenvalue weighted by atomic mass is 16.4. The van der Waals surface area contributed by atoms with Crippen molar-refractivity contribution in [2.75, 3.05) is 0 Å². The maximum absolute atomic E-state index is 13.1. The lowest BCUT2D eigenvalue weighted by Gasteiger charge is -2.25. The van der Waals surface area contributed by atoms with Crippen LogP contribution in [0.15, 0.2) is 30.3 Å². The molecule has 0 saturated heterocycles. The molecular formula is C29H42N6O11. The van der Waals surface area contributed by atoms with Gasteiger partial charge < -0.3 is 47.6 Å². The summed E-state index contributed by atoms with van der Waals surface area (Å²) >= 11 is 0. The predicted molar refractivity (Wildman–Crippen MR) is 161 cm³/mol. The molecule has 0 radical (unpaired) electrons. The molecule has 0 heterocycles. The lowest BCUT2D eigenvalue weighted by atomic mass is 10.0. The number of carboxylic acids is 3. The first-order valence-electron chi connectivity index (χ1n) is 14.4.